The molecule has 1 aromatic heterocycles. The lowest BCUT2D eigenvalue weighted by Gasteiger charge is -2.32. The largest absolute Gasteiger partial charge is 0.484 e. The molecule has 0 radical (unpaired) electrons. The number of nitrogens with zero attached hydrogens (tertiary/aromatic N) is 2. The van der Waals surface area contributed by atoms with Gasteiger partial charge < -0.3 is 9.47 Å². The number of benzene rings is 1. The molecule has 0 aliphatic carbocycles. The van der Waals surface area contributed by atoms with Gasteiger partial charge in [-0.2, -0.15) is 0 Å². The second-order valence-electron chi connectivity index (χ2n) is 8.07. The average molecular weight is 380 g/mol. The van der Waals surface area contributed by atoms with Crippen molar-refractivity contribution in [2.45, 2.75) is 39.3 Å². The fraction of sp³-hybridized carbons (Fsp3) is 0.478. The number of hydrogen-bond acceptors (Lipinski definition) is 5. The molecule has 0 bridgehead atoms. The van der Waals surface area contributed by atoms with Gasteiger partial charge in [0.25, 0.3) is 5.88 Å². The normalized spacial score (nSPS) is 20.3. The van der Waals surface area contributed by atoms with Crippen molar-refractivity contribution in [1.82, 2.24) is 9.88 Å². The smallest absolute Gasteiger partial charge is 0.257 e. The standard InChI is InChI=1S/C23H28N2O3/c1-16(2)22(26)19-9-12-25(13-10-19)14-17-5-7-18(8-6-17)21-15-27-20-4-3-11-24-23(20)28-21/h3-8,11,16,19,21H,9-10,12-15H2,1-2H3/t21-/m1/s1. The van der Waals surface area contributed by atoms with Crippen molar-refractivity contribution >= 4 is 5.78 Å². The molecule has 4 rings (SSSR count). The minimum absolute atomic E-state index is 0.130. The first-order valence-electron chi connectivity index (χ1n) is 10.2. The summed E-state index contributed by atoms with van der Waals surface area (Å²) >= 11 is 0. The number of aromatic nitrogens is 1. The first-order chi connectivity index (χ1) is 13.6. The van der Waals surface area contributed by atoms with Gasteiger partial charge in [0.15, 0.2) is 11.9 Å². The summed E-state index contributed by atoms with van der Waals surface area (Å²) in [5.41, 5.74) is 2.38. The van der Waals surface area contributed by atoms with Crippen LogP contribution in [0.5, 0.6) is 11.6 Å². The predicted molar refractivity (Wildman–Crippen MR) is 107 cm³/mol. The van der Waals surface area contributed by atoms with E-state index in [1.165, 1.54) is 5.56 Å². The predicted octanol–water partition coefficient (Wildman–Crippen LogP) is 4.03. The quantitative estimate of drug-likeness (QED) is 0.784. The van der Waals surface area contributed by atoms with E-state index in [0.29, 0.717) is 24.0 Å². The molecule has 148 valence electrons. The third-order valence-corrected chi connectivity index (χ3v) is 5.70. The van der Waals surface area contributed by atoms with Gasteiger partial charge in [0.2, 0.25) is 0 Å². The van der Waals surface area contributed by atoms with Gasteiger partial charge in [0.05, 0.1) is 0 Å². The lowest BCUT2D eigenvalue weighted by atomic mass is 9.87. The van der Waals surface area contributed by atoms with Gasteiger partial charge in [0.1, 0.15) is 12.4 Å². The molecular weight excluding hydrogens is 352 g/mol. The van der Waals surface area contributed by atoms with E-state index in [9.17, 15) is 4.79 Å². The number of rotatable bonds is 5. The highest BCUT2D eigenvalue weighted by molar-refractivity contribution is 5.82. The number of pyridine rings is 1. The Morgan fingerprint density at radius 2 is 1.93 bits per heavy atom. The number of fused-ring (bicyclic) bond motifs is 1. The number of likely N-dealkylation sites (tertiary alicyclic amines) is 1. The van der Waals surface area contributed by atoms with E-state index in [-0.39, 0.29) is 17.9 Å². The number of piperidine rings is 1. The van der Waals surface area contributed by atoms with E-state index in [2.05, 4.69) is 34.1 Å². The lowest BCUT2D eigenvalue weighted by molar-refractivity contribution is -0.127. The number of ether oxygens (including phenoxy) is 2. The molecule has 1 atom stereocenters. The molecule has 1 aromatic carbocycles. The number of carbonyl (C=O) groups is 1. The fourth-order valence-corrected chi connectivity index (χ4v) is 4.02. The van der Waals surface area contributed by atoms with Crippen molar-refractivity contribution in [1.29, 1.82) is 0 Å². The molecule has 0 unspecified atom stereocenters. The second-order valence-corrected chi connectivity index (χ2v) is 8.07. The molecule has 1 fully saturated rings. The van der Waals surface area contributed by atoms with E-state index >= 15 is 0 Å². The van der Waals surface area contributed by atoms with Crippen LogP contribution in [0.3, 0.4) is 0 Å². The Morgan fingerprint density at radius 3 is 2.64 bits per heavy atom. The van der Waals surface area contributed by atoms with E-state index in [1.807, 2.05) is 26.0 Å². The Kier molecular flexibility index (Phi) is 5.62. The molecule has 2 aliphatic heterocycles. The van der Waals surface area contributed by atoms with Crippen LogP contribution in [0, 0.1) is 11.8 Å². The van der Waals surface area contributed by atoms with Gasteiger partial charge in [-0.3, -0.25) is 9.69 Å². The summed E-state index contributed by atoms with van der Waals surface area (Å²) in [5, 5.41) is 0. The van der Waals surface area contributed by atoms with E-state index in [0.717, 1.165) is 38.0 Å². The Balaban J connectivity index is 1.32. The molecule has 3 heterocycles. The summed E-state index contributed by atoms with van der Waals surface area (Å²) in [5.74, 6) is 2.09. The number of hydrogen-bond donors (Lipinski definition) is 0. The molecule has 5 nitrogen and oxygen atoms in total. The minimum atomic E-state index is -0.130. The fourth-order valence-electron chi connectivity index (χ4n) is 4.02. The Labute approximate surface area is 166 Å². The van der Waals surface area contributed by atoms with Crippen LogP contribution in [-0.2, 0) is 11.3 Å². The molecule has 5 heteroatoms. The number of Topliss-reactive ketones (excluding diaryl/α,β-unsaturated/α-hetero) is 1. The molecule has 0 saturated carbocycles. The van der Waals surface area contributed by atoms with Crippen molar-refractivity contribution in [2.24, 2.45) is 11.8 Å². The van der Waals surface area contributed by atoms with Gasteiger partial charge in [-0.15, -0.1) is 0 Å². The van der Waals surface area contributed by atoms with Crippen molar-refractivity contribution < 1.29 is 14.3 Å². The molecule has 2 aromatic rings. The highest BCUT2D eigenvalue weighted by Gasteiger charge is 2.27. The highest BCUT2D eigenvalue weighted by Crippen LogP contribution is 2.34. The van der Waals surface area contributed by atoms with Gasteiger partial charge in [-0.05, 0) is 49.2 Å². The summed E-state index contributed by atoms with van der Waals surface area (Å²) in [7, 11) is 0. The molecule has 0 spiro atoms. The maximum atomic E-state index is 12.2. The maximum Gasteiger partial charge on any atom is 0.257 e. The number of carbonyl (C=O) groups excluding carboxylic acids is 1. The Bertz CT molecular complexity index is 811. The molecular formula is C23H28N2O3. The van der Waals surface area contributed by atoms with Crippen molar-refractivity contribution in [2.75, 3.05) is 19.7 Å². The van der Waals surface area contributed by atoms with Crippen LogP contribution in [0.4, 0.5) is 0 Å². The van der Waals surface area contributed by atoms with Crippen LogP contribution >= 0.6 is 0 Å². The van der Waals surface area contributed by atoms with Crippen LogP contribution in [0.2, 0.25) is 0 Å². The SMILES string of the molecule is CC(C)C(=O)C1CCN(Cc2ccc([C@H]3COc4cccnc4O3)cc2)CC1. The highest BCUT2D eigenvalue weighted by atomic mass is 16.6. The van der Waals surface area contributed by atoms with Crippen LogP contribution in [-0.4, -0.2) is 35.4 Å². The van der Waals surface area contributed by atoms with Crippen LogP contribution < -0.4 is 9.47 Å². The Hall–Kier alpha value is -2.40. The maximum absolute atomic E-state index is 12.2. The zero-order valence-corrected chi connectivity index (χ0v) is 16.6. The number of ketones is 1. The zero-order chi connectivity index (χ0) is 19.5. The molecule has 1 saturated heterocycles. The molecule has 2 aliphatic rings. The molecule has 0 amide bonds. The summed E-state index contributed by atoms with van der Waals surface area (Å²) in [4.78, 5) is 18.9. The van der Waals surface area contributed by atoms with E-state index < -0.39 is 0 Å². The topological polar surface area (TPSA) is 51.7 Å². The molecule has 0 N–H and O–H groups in total. The third-order valence-electron chi connectivity index (χ3n) is 5.70. The zero-order valence-electron chi connectivity index (χ0n) is 16.6. The summed E-state index contributed by atoms with van der Waals surface area (Å²) in [6.45, 7) is 7.42. The summed E-state index contributed by atoms with van der Waals surface area (Å²) in [6, 6.07) is 12.3. The van der Waals surface area contributed by atoms with E-state index in [4.69, 9.17) is 9.47 Å². The van der Waals surface area contributed by atoms with Gasteiger partial charge >= 0.3 is 0 Å². The minimum Gasteiger partial charge on any atom is -0.484 e. The van der Waals surface area contributed by atoms with Crippen molar-refractivity contribution in [3.8, 4) is 11.6 Å². The Morgan fingerprint density at radius 1 is 1.18 bits per heavy atom. The first-order valence-corrected chi connectivity index (χ1v) is 10.2. The van der Waals surface area contributed by atoms with Gasteiger partial charge in [-0.1, -0.05) is 38.1 Å². The van der Waals surface area contributed by atoms with E-state index in [1.54, 1.807) is 6.20 Å². The molecule has 28 heavy (non-hydrogen) atoms. The summed E-state index contributed by atoms with van der Waals surface area (Å²) in [6.07, 6.45) is 3.55. The van der Waals surface area contributed by atoms with Crippen LogP contribution in [0.1, 0.15) is 43.9 Å². The third kappa shape index (κ3) is 4.20. The van der Waals surface area contributed by atoms with Gasteiger partial charge in [0, 0.05) is 24.6 Å². The average Bonchev–Trinajstić information content (AvgIpc) is 2.74. The van der Waals surface area contributed by atoms with Crippen molar-refractivity contribution in [3.05, 3.63) is 53.7 Å². The lowest BCUT2D eigenvalue weighted by Crippen LogP contribution is -2.37. The second kappa shape index (κ2) is 8.31. The van der Waals surface area contributed by atoms with Crippen LogP contribution in [0.25, 0.3) is 0 Å². The monoisotopic (exact) mass is 380 g/mol. The first kappa shape index (κ1) is 18.9. The van der Waals surface area contributed by atoms with Crippen LogP contribution in [0.15, 0.2) is 42.6 Å². The van der Waals surface area contributed by atoms with Crippen molar-refractivity contribution in [3.63, 3.8) is 0 Å². The van der Waals surface area contributed by atoms with Gasteiger partial charge in [-0.25, -0.2) is 4.98 Å². The summed E-state index contributed by atoms with van der Waals surface area (Å²) < 4.78 is 11.7.